The van der Waals surface area contributed by atoms with Gasteiger partial charge in [0.15, 0.2) is 0 Å². The molecule has 1 N–H and O–H groups in total. The fourth-order valence-corrected chi connectivity index (χ4v) is 3.50. The quantitative estimate of drug-likeness (QED) is 0.429. The number of rotatable bonds is 11. The maximum atomic E-state index is 13.3. The topological polar surface area (TPSA) is 67.9 Å². The van der Waals surface area contributed by atoms with E-state index in [9.17, 15) is 9.59 Å². The maximum Gasteiger partial charge on any atom is 0.278 e. The number of imide groups is 1. The number of carbonyl (C=O) groups is 2. The van der Waals surface area contributed by atoms with Gasteiger partial charge in [0, 0.05) is 19.8 Å². The Morgan fingerprint density at radius 1 is 0.968 bits per heavy atom. The van der Waals surface area contributed by atoms with Gasteiger partial charge in [0.05, 0.1) is 18.4 Å². The molecule has 164 valence electrons. The van der Waals surface area contributed by atoms with E-state index in [1.165, 1.54) is 4.90 Å². The molecule has 2 amide bonds. The van der Waals surface area contributed by atoms with E-state index in [1.54, 1.807) is 7.11 Å². The van der Waals surface area contributed by atoms with Crippen LogP contribution >= 0.6 is 0 Å². The lowest BCUT2D eigenvalue weighted by Gasteiger charge is -2.16. The van der Waals surface area contributed by atoms with Crippen molar-refractivity contribution in [3.05, 3.63) is 65.4 Å². The summed E-state index contributed by atoms with van der Waals surface area (Å²) >= 11 is 0. The van der Waals surface area contributed by atoms with Crippen molar-refractivity contribution in [1.82, 2.24) is 4.90 Å². The molecular weight excluding hydrogens is 392 g/mol. The first-order valence-electron chi connectivity index (χ1n) is 10.7. The van der Waals surface area contributed by atoms with Crippen molar-refractivity contribution in [2.45, 2.75) is 33.1 Å². The van der Waals surface area contributed by atoms with Gasteiger partial charge in [-0.2, -0.15) is 0 Å². The van der Waals surface area contributed by atoms with Crippen LogP contribution in [-0.4, -0.2) is 43.6 Å². The smallest absolute Gasteiger partial charge is 0.278 e. The second-order valence-electron chi connectivity index (χ2n) is 7.53. The number of unbranched alkanes of at least 4 members (excludes halogenated alkanes) is 1. The van der Waals surface area contributed by atoms with Gasteiger partial charge in [-0.25, -0.2) is 0 Å². The van der Waals surface area contributed by atoms with Crippen LogP contribution in [0.4, 0.5) is 5.69 Å². The lowest BCUT2D eigenvalue weighted by molar-refractivity contribution is -0.137. The highest BCUT2D eigenvalue weighted by Crippen LogP contribution is 2.33. The van der Waals surface area contributed by atoms with E-state index in [4.69, 9.17) is 9.47 Å². The first-order chi connectivity index (χ1) is 15.1. The number of methoxy groups -OCH3 is 1. The predicted octanol–water partition coefficient (Wildman–Crippen LogP) is 4.40. The molecule has 1 heterocycles. The lowest BCUT2D eigenvalue weighted by atomic mass is 10.0. The minimum absolute atomic E-state index is 0.270. The highest BCUT2D eigenvalue weighted by molar-refractivity contribution is 6.36. The largest absolute Gasteiger partial charge is 0.495 e. The third-order valence-corrected chi connectivity index (χ3v) is 5.16. The van der Waals surface area contributed by atoms with Crippen molar-refractivity contribution in [2.24, 2.45) is 0 Å². The second kappa shape index (κ2) is 10.8. The Morgan fingerprint density at radius 2 is 1.71 bits per heavy atom. The third-order valence-electron chi connectivity index (χ3n) is 5.16. The highest BCUT2D eigenvalue weighted by Gasteiger charge is 2.39. The SMILES string of the molecule is CCCCOCCCN1C(=O)C(Nc2cc(C)ccc2OC)=C(c2ccccc2)C1=O. The molecule has 0 saturated heterocycles. The maximum absolute atomic E-state index is 13.3. The summed E-state index contributed by atoms with van der Waals surface area (Å²) in [6.07, 6.45) is 2.68. The number of benzene rings is 2. The van der Waals surface area contributed by atoms with E-state index >= 15 is 0 Å². The molecule has 0 fully saturated rings. The average molecular weight is 423 g/mol. The predicted molar refractivity (Wildman–Crippen MR) is 122 cm³/mol. The Bertz CT molecular complexity index is 953. The summed E-state index contributed by atoms with van der Waals surface area (Å²) in [5, 5.41) is 3.19. The van der Waals surface area contributed by atoms with Crippen molar-refractivity contribution in [1.29, 1.82) is 0 Å². The van der Waals surface area contributed by atoms with Crippen LogP contribution in [0.2, 0.25) is 0 Å². The van der Waals surface area contributed by atoms with Crippen LogP contribution < -0.4 is 10.1 Å². The molecule has 0 bridgehead atoms. The van der Waals surface area contributed by atoms with E-state index in [-0.39, 0.29) is 17.5 Å². The van der Waals surface area contributed by atoms with Gasteiger partial charge in [-0.3, -0.25) is 14.5 Å². The Labute approximate surface area is 183 Å². The van der Waals surface area contributed by atoms with Crippen molar-refractivity contribution in [3.8, 4) is 5.75 Å². The van der Waals surface area contributed by atoms with E-state index in [1.807, 2.05) is 55.5 Å². The van der Waals surface area contributed by atoms with Crippen LogP contribution in [0.15, 0.2) is 54.2 Å². The molecule has 6 heteroatoms. The molecule has 0 atom stereocenters. The van der Waals surface area contributed by atoms with Gasteiger partial charge in [0.2, 0.25) is 0 Å². The number of amides is 2. The summed E-state index contributed by atoms with van der Waals surface area (Å²) < 4.78 is 11.0. The number of anilines is 1. The van der Waals surface area contributed by atoms with Crippen molar-refractivity contribution < 1.29 is 19.1 Å². The first-order valence-corrected chi connectivity index (χ1v) is 10.7. The van der Waals surface area contributed by atoms with Gasteiger partial charge >= 0.3 is 0 Å². The number of nitrogens with one attached hydrogen (secondary N) is 1. The molecule has 2 aromatic carbocycles. The summed E-state index contributed by atoms with van der Waals surface area (Å²) in [6.45, 7) is 5.61. The molecule has 3 rings (SSSR count). The van der Waals surface area contributed by atoms with Crippen molar-refractivity contribution in [3.63, 3.8) is 0 Å². The fourth-order valence-electron chi connectivity index (χ4n) is 3.50. The number of carbonyl (C=O) groups excluding carboxylic acids is 2. The molecule has 1 aliphatic rings. The summed E-state index contributed by atoms with van der Waals surface area (Å²) in [5.41, 5.74) is 3.02. The zero-order valence-electron chi connectivity index (χ0n) is 18.4. The van der Waals surface area contributed by atoms with E-state index in [0.29, 0.717) is 48.8 Å². The molecule has 0 spiro atoms. The monoisotopic (exact) mass is 422 g/mol. The average Bonchev–Trinajstić information content (AvgIpc) is 3.01. The van der Waals surface area contributed by atoms with Crippen LogP contribution in [0.25, 0.3) is 5.57 Å². The van der Waals surface area contributed by atoms with Gasteiger partial charge in [-0.1, -0.05) is 49.7 Å². The van der Waals surface area contributed by atoms with Gasteiger partial charge in [0.25, 0.3) is 11.8 Å². The third kappa shape index (κ3) is 5.33. The molecule has 1 aliphatic heterocycles. The molecule has 2 aromatic rings. The number of hydrogen-bond acceptors (Lipinski definition) is 5. The summed E-state index contributed by atoms with van der Waals surface area (Å²) in [6, 6.07) is 14.9. The number of hydrogen-bond donors (Lipinski definition) is 1. The number of nitrogens with zero attached hydrogens (tertiary/aromatic N) is 1. The Hall–Kier alpha value is -3.12. The minimum Gasteiger partial charge on any atom is -0.495 e. The van der Waals surface area contributed by atoms with Crippen molar-refractivity contribution >= 4 is 23.1 Å². The van der Waals surface area contributed by atoms with Gasteiger partial charge < -0.3 is 14.8 Å². The number of ether oxygens (including phenoxy) is 2. The van der Waals surface area contributed by atoms with E-state index < -0.39 is 0 Å². The van der Waals surface area contributed by atoms with Crippen LogP contribution in [-0.2, 0) is 14.3 Å². The fraction of sp³-hybridized carbons (Fsp3) is 0.360. The van der Waals surface area contributed by atoms with Crippen LogP contribution in [0.1, 0.15) is 37.3 Å². The van der Waals surface area contributed by atoms with Crippen molar-refractivity contribution in [2.75, 3.05) is 32.2 Å². The minimum atomic E-state index is -0.332. The van der Waals surface area contributed by atoms with Crippen LogP contribution in [0, 0.1) is 6.92 Å². The lowest BCUT2D eigenvalue weighted by Crippen LogP contribution is -2.34. The van der Waals surface area contributed by atoms with E-state index in [2.05, 4.69) is 12.2 Å². The summed E-state index contributed by atoms with van der Waals surface area (Å²) in [5.74, 6) is -0.0200. The standard InChI is InChI=1S/C25H30N2O4/c1-4-5-15-31-16-9-14-27-24(28)22(19-10-7-6-8-11-19)23(25(27)29)26-20-17-18(2)12-13-21(20)30-3/h6-8,10-13,17,26H,4-5,9,14-16H2,1-3H3. The molecule has 0 aromatic heterocycles. The molecule has 6 nitrogen and oxygen atoms in total. The normalized spacial score (nSPS) is 13.8. The molecule has 0 aliphatic carbocycles. The first kappa shape index (κ1) is 22.6. The zero-order chi connectivity index (χ0) is 22.2. The molecule has 0 radical (unpaired) electrons. The van der Waals surface area contributed by atoms with Crippen LogP contribution in [0.3, 0.4) is 0 Å². The summed E-state index contributed by atoms with van der Waals surface area (Å²) in [7, 11) is 1.58. The molecule has 0 unspecified atom stereocenters. The summed E-state index contributed by atoms with van der Waals surface area (Å²) in [4.78, 5) is 27.8. The zero-order valence-corrected chi connectivity index (χ0v) is 18.4. The van der Waals surface area contributed by atoms with E-state index in [0.717, 1.165) is 18.4 Å². The number of aryl methyl sites for hydroxylation is 1. The van der Waals surface area contributed by atoms with Gasteiger partial charge in [-0.05, 0) is 43.0 Å². The van der Waals surface area contributed by atoms with Gasteiger partial charge in [0.1, 0.15) is 11.4 Å². The van der Waals surface area contributed by atoms with Crippen LogP contribution in [0.5, 0.6) is 5.75 Å². The molecule has 0 saturated carbocycles. The molecular formula is C25H30N2O4. The van der Waals surface area contributed by atoms with Gasteiger partial charge in [-0.15, -0.1) is 0 Å². The Balaban J connectivity index is 1.86. The highest BCUT2D eigenvalue weighted by atomic mass is 16.5. The Kier molecular flexibility index (Phi) is 7.84. The Morgan fingerprint density at radius 3 is 2.42 bits per heavy atom. The molecule has 31 heavy (non-hydrogen) atoms. The second-order valence-corrected chi connectivity index (χ2v) is 7.53.